The Morgan fingerprint density at radius 1 is 1.41 bits per heavy atom. The highest BCUT2D eigenvalue weighted by Gasteiger charge is 2.09. The minimum atomic E-state index is -0.145. The standard InChI is InChI=1S/C11H11N5O/c1-12-9-5-8-7(6-13-9)11(17)16-10(15(8)2)3-4-14-16/h3-6H,1-2H3,(H,12,13). The largest absolute Gasteiger partial charge is 0.373 e. The lowest BCUT2D eigenvalue weighted by Crippen LogP contribution is -2.18. The number of pyridine rings is 1. The van der Waals surface area contributed by atoms with Gasteiger partial charge in [-0.15, -0.1) is 0 Å². The van der Waals surface area contributed by atoms with Crippen molar-refractivity contribution >= 4 is 22.4 Å². The Labute approximate surface area is 96.5 Å². The molecule has 0 saturated carbocycles. The van der Waals surface area contributed by atoms with Gasteiger partial charge in [0.2, 0.25) is 0 Å². The second-order valence-electron chi connectivity index (χ2n) is 3.80. The molecule has 17 heavy (non-hydrogen) atoms. The summed E-state index contributed by atoms with van der Waals surface area (Å²) in [6.45, 7) is 0. The predicted molar refractivity (Wildman–Crippen MR) is 65.3 cm³/mol. The molecule has 3 aromatic heterocycles. The van der Waals surface area contributed by atoms with Crippen molar-refractivity contribution in [2.24, 2.45) is 7.05 Å². The van der Waals surface area contributed by atoms with E-state index in [-0.39, 0.29) is 5.56 Å². The van der Waals surface area contributed by atoms with Gasteiger partial charge in [0.1, 0.15) is 11.5 Å². The highest BCUT2D eigenvalue weighted by atomic mass is 16.1. The van der Waals surface area contributed by atoms with Gasteiger partial charge in [-0.25, -0.2) is 4.98 Å². The summed E-state index contributed by atoms with van der Waals surface area (Å²) < 4.78 is 3.30. The molecule has 0 bridgehead atoms. The molecule has 0 aromatic carbocycles. The van der Waals surface area contributed by atoms with Gasteiger partial charge in [-0.2, -0.15) is 9.61 Å². The first kappa shape index (κ1) is 9.83. The van der Waals surface area contributed by atoms with E-state index in [0.717, 1.165) is 17.0 Å². The molecule has 86 valence electrons. The van der Waals surface area contributed by atoms with Gasteiger partial charge in [0, 0.05) is 32.4 Å². The van der Waals surface area contributed by atoms with E-state index in [1.165, 1.54) is 4.52 Å². The van der Waals surface area contributed by atoms with Crippen molar-refractivity contribution in [2.75, 3.05) is 12.4 Å². The van der Waals surface area contributed by atoms with E-state index in [1.54, 1.807) is 25.5 Å². The number of aryl methyl sites for hydroxylation is 1. The molecule has 6 heteroatoms. The molecule has 0 aliphatic rings. The van der Waals surface area contributed by atoms with Gasteiger partial charge in [-0.3, -0.25) is 4.79 Å². The lowest BCUT2D eigenvalue weighted by molar-refractivity contribution is 0.855. The summed E-state index contributed by atoms with van der Waals surface area (Å²) in [5.74, 6) is 0.733. The normalized spacial score (nSPS) is 11.2. The number of anilines is 1. The zero-order valence-electron chi connectivity index (χ0n) is 9.51. The fraction of sp³-hybridized carbons (Fsp3) is 0.182. The molecule has 3 heterocycles. The van der Waals surface area contributed by atoms with Crippen LogP contribution in [0.4, 0.5) is 5.82 Å². The molecule has 0 atom stereocenters. The second-order valence-corrected chi connectivity index (χ2v) is 3.80. The van der Waals surface area contributed by atoms with Gasteiger partial charge in [-0.1, -0.05) is 0 Å². The van der Waals surface area contributed by atoms with E-state index in [9.17, 15) is 4.79 Å². The Kier molecular flexibility index (Phi) is 1.91. The minimum Gasteiger partial charge on any atom is -0.373 e. The maximum Gasteiger partial charge on any atom is 0.283 e. The molecule has 1 N–H and O–H groups in total. The van der Waals surface area contributed by atoms with Crippen molar-refractivity contribution in [1.29, 1.82) is 0 Å². The monoisotopic (exact) mass is 229 g/mol. The van der Waals surface area contributed by atoms with Crippen LogP contribution in [-0.2, 0) is 7.05 Å². The third-order valence-electron chi connectivity index (χ3n) is 2.89. The average Bonchev–Trinajstić information content (AvgIpc) is 2.85. The zero-order chi connectivity index (χ0) is 12.0. The Hall–Kier alpha value is -2.37. The molecule has 3 aromatic rings. The summed E-state index contributed by atoms with van der Waals surface area (Å²) in [4.78, 5) is 16.3. The van der Waals surface area contributed by atoms with Crippen LogP contribution in [0.25, 0.3) is 16.6 Å². The number of fused-ring (bicyclic) bond motifs is 2. The van der Waals surface area contributed by atoms with Crippen LogP contribution in [0.1, 0.15) is 0 Å². The summed E-state index contributed by atoms with van der Waals surface area (Å²) in [5.41, 5.74) is 1.45. The van der Waals surface area contributed by atoms with Crippen molar-refractivity contribution in [3.05, 3.63) is 34.9 Å². The Balaban J connectivity index is 2.59. The fourth-order valence-corrected chi connectivity index (χ4v) is 1.97. The Bertz CT molecular complexity index is 770. The van der Waals surface area contributed by atoms with Gasteiger partial charge < -0.3 is 9.88 Å². The molecule has 0 spiro atoms. The lowest BCUT2D eigenvalue weighted by Gasteiger charge is -2.08. The van der Waals surface area contributed by atoms with E-state index in [1.807, 2.05) is 17.7 Å². The van der Waals surface area contributed by atoms with Crippen molar-refractivity contribution < 1.29 is 0 Å². The highest BCUT2D eigenvalue weighted by molar-refractivity contribution is 5.81. The summed E-state index contributed by atoms with van der Waals surface area (Å²) >= 11 is 0. The quantitative estimate of drug-likeness (QED) is 0.664. The number of nitrogens with one attached hydrogen (secondary N) is 1. The molecule has 0 saturated heterocycles. The SMILES string of the molecule is CNc1cc2c(cn1)c(=O)n1nccc1n2C. The number of hydrogen-bond acceptors (Lipinski definition) is 4. The summed E-state index contributed by atoms with van der Waals surface area (Å²) in [7, 11) is 3.70. The van der Waals surface area contributed by atoms with E-state index >= 15 is 0 Å². The third-order valence-corrected chi connectivity index (χ3v) is 2.89. The van der Waals surface area contributed by atoms with E-state index in [0.29, 0.717) is 5.39 Å². The molecule has 6 nitrogen and oxygen atoms in total. The molecular weight excluding hydrogens is 218 g/mol. The molecular formula is C11H11N5O. The molecule has 0 amide bonds. The van der Waals surface area contributed by atoms with Crippen LogP contribution in [0.3, 0.4) is 0 Å². The van der Waals surface area contributed by atoms with Gasteiger partial charge in [-0.05, 0) is 0 Å². The highest BCUT2D eigenvalue weighted by Crippen LogP contribution is 2.14. The van der Waals surface area contributed by atoms with Crippen molar-refractivity contribution in [2.45, 2.75) is 0 Å². The van der Waals surface area contributed by atoms with Crippen LogP contribution < -0.4 is 10.9 Å². The first-order valence-electron chi connectivity index (χ1n) is 5.22. The molecule has 0 aliphatic carbocycles. The first-order valence-corrected chi connectivity index (χ1v) is 5.22. The van der Waals surface area contributed by atoms with Crippen LogP contribution in [0.2, 0.25) is 0 Å². The van der Waals surface area contributed by atoms with Gasteiger partial charge in [0.05, 0.1) is 17.1 Å². The van der Waals surface area contributed by atoms with Crippen LogP contribution in [0, 0.1) is 0 Å². The zero-order valence-corrected chi connectivity index (χ0v) is 9.51. The van der Waals surface area contributed by atoms with Crippen molar-refractivity contribution in [3.8, 4) is 0 Å². The van der Waals surface area contributed by atoms with Crippen LogP contribution in [-0.4, -0.2) is 26.2 Å². The topological polar surface area (TPSA) is 64.2 Å². The number of aromatic nitrogens is 4. The Morgan fingerprint density at radius 2 is 2.24 bits per heavy atom. The van der Waals surface area contributed by atoms with E-state index in [4.69, 9.17) is 0 Å². The first-order chi connectivity index (χ1) is 8.22. The summed E-state index contributed by atoms with van der Waals surface area (Å²) in [6, 6.07) is 3.66. The molecule has 0 aliphatic heterocycles. The smallest absolute Gasteiger partial charge is 0.283 e. The van der Waals surface area contributed by atoms with Crippen molar-refractivity contribution in [3.63, 3.8) is 0 Å². The van der Waals surface area contributed by atoms with Crippen molar-refractivity contribution in [1.82, 2.24) is 19.2 Å². The van der Waals surface area contributed by atoms with Gasteiger partial charge in [0.15, 0.2) is 0 Å². The maximum absolute atomic E-state index is 12.1. The molecule has 0 unspecified atom stereocenters. The third kappa shape index (κ3) is 1.24. The summed E-state index contributed by atoms with van der Waals surface area (Å²) in [5, 5.41) is 7.53. The van der Waals surface area contributed by atoms with E-state index < -0.39 is 0 Å². The lowest BCUT2D eigenvalue weighted by atomic mass is 10.3. The number of nitrogens with zero attached hydrogens (tertiary/aromatic N) is 4. The number of rotatable bonds is 1. The van der Waals surface area contributed by atoms with Crippen LogP contribution >= 0.6 is 0 Å². The van der Waals surface area contributed by atoms with Crippen LogP contribution in [0.5, 0.6) is 0 Å². The van der Waals surface area contributed by atoms with Gasteiger partial charge in [0.25, 0.3) is 5.56 Å². The van der Waals surface area contributed by atoms with Gasteiger partial charge >= 0.3 is 0 Å². The molecule has 0 radical (unpaired) electrons. The molecule has 3 rings (SSSR count). The molecule has 0 fully saturated rings. The average molecular weight is 229 g/mol. The maximum atomic E-state index is 12.1. The summed E-state index contributed by atoms with van der Waals surface area (Å²) in [6.07, 6.45) is 3.19. The predicted octanol–water partition coefficient (Wildman–Crippen LogP) is 0.623. The fourth-order valence-electron chi connectivity index (χ4n) is 1.97. The second kappa shape index (κ2) is 3.31. The minimum absolute atomic E-state index is 0.145. The Morgan fingerprint density at radius 3 is 3.00 bits per heavy atom. The number of hydrogen-bond donors (Lipinski definition) is 1. The van der Waals surface area contributed by atoms with Crippen LogP contribution in [0.15, 0.2) is 29.3 Å². The van der Waals surface area contributed by atoms with E-state index in [2.05, 4.69) is 15.4 Å².